The van der Waals surface area contributed by atoms with Crippen molar-refractivity contribution in [3.05, 3.63) is 146 Å². The molecule has 2 heterocycles. The number of benzene rings is 6. The molecule has 2 aromatic heterocycles. The summed E-state index contributed by atoms with van der Waals surface area (Å²) in [4.78, 5) is 7.17. The Hall–Kier alpha value is -5.41. The lowest BCUT2D eigenvalue weighted by atomic mass is 9.98. The highest BCUT2D eigenvalue weighted by Crippen LogP contribution is 2.40. The van der Waals surface area contributed by atoms with Gasteiger partial charge in [0.2, 0.25) is 0 Å². The molecule has 0 atom stereocenters. The summed E-state index contributed by atoms with van der Waals surface area (Å²) in [6.07, 6.45) is 1.96. The SMILES string of the molecule is c1ccc(N(c2ccc(-c3cccc4ccccc34)cc2)c2cnc3ccc4oc5ccccc5c4c3c2)cc1. The summed E-state index contributed by atoms with van der Waals surface area (Å²) in [5.74, 6) is 0. The fourth-order valence-corrected chi connectivity index (χ4v) is 5.83. The second kappa shape index (κ2) is 9.11. The minimum atomic E-state index is 0.873. The maximum atomic E-state index is 6.17. The van der Waals surface area contributed by atoms with E-state index in [1.165, 1.54) is 21.9 Å². The van der Waals surface area contributed by atoms with E-state index in [9.17, 15) is 0 Å². The molecular weight excluding hydrogens is 488 g/mol. The fraction of sp³-hybridized carbons (Fsp3) is 0. The Morgan fingerprint density at radius 1 is 0.500 bits per heavy atom. The highest BCUT2D eigenvalue weighted by molar-refractivity contribution is 6.18. The smallest absolute Gasteiger partial charge is 0.136 e. The van der Waals surface area contributed by atoms with E-state index in [1.807, 2.05) is 36.5 Å². The van der Waals surface area contributed by atoms with Gasteiger partial charge in [-0.15, -0.1) is 0 Å². The molecule has 0 N–H and O–H groups in total. The van der Waals surface area contributed by atoms with Crippen LogP contribution in [0.2, 0.25) is 0 Å². The lowest BCUT2D eigenvalue weighted by Crippen LogP contribution is -2.10. The summed E-state index contributed by atoms with van der Waals surface area (Å²) < 4.78 is 6.17. The van der Waals surface area contributed by atoms with Crippen molar-refractivity contribution in [2.45, 2.75) is 0 Å². The molecular formula is C37H24N2O. The third kappa shape index (κ3) is 3.63. The van der Waals surface area contributed by atoms with E-state index in [2.05, 4.69) is 114 Å². The highest BCUT2D eigenvalue weighted by Gasteiger charge is 2.17. The maximum absolute atomic E-state index is 6.17. The number of aromatic nitrogens is 1. The van der Waals surface area contributed by atoms with Crippen LogP contribution in [-0.2, 0) is 0 Å². The lowest BCUT2D eigenvalue weighted by molar-refractivity contribution is 0.669. The van der Waals surface area contributed by atoms with Gasteiger partial charge in [-0.05, 0) is 70.4 Å². The zero-order valence-corrected chi connectivity index (χ0v) is 21.7. The molecule has 0 unspecified atom stereocenters. The van der Waals surface area contributed by atoms with Gasteiger partial charge >= 0.3 is 0 Å². The minimum absolute atomic E-state index is 0.873. The van der Waals surface area contributed by atoms with Crippen molar-refractivity contribution < 1.29 is 4.42 Å². The van der Waals surface area contributed by atoms with Crippen LogP contribution in [0.1, 0.15) is 0 Å². The first-order valence-corrected chi connectivity index (χ1v) is 13.5. The van der Waals surface area contributed by atoms with Crippen molar-refractivity contribution in [1.82, 2.24) is 4.98 Å². The molecule has 6 aromatic carbocycles. The van der Waals surface area contributed by atoms with E-state index in [0.717, 1.165) is 49.9 Å². The second-order valence-corrected chi connectivity index (χ2v) is 10.0. The molecule has 8 aromatic rings. The predicted octanol–water partition coefficient (Wildman–Crippen LogP) is 10.4. The van der Waals surface area contributed by atoms with E-state index in [4.69, 9.17) is 9.40 Å². The van der Waals surface area contributed by atoms with Crippen LogP contribution >= 0.6 is 0 Å². The first-order valence-electron chi connectivity index (χ1n) is 13.5. The highest BCUT2D eigenvalue weighted by atomic mass is 16.3. The van der Waals surface area contributed by atoms with Crippen LogP contribution in [0.5, 0.6) is 0 Å². The van der Waals surface area contributed by atoms with Crippen LogP contribution in [0.4, 0.5) is 17.1 Å². The summed E-state index contributed by atoms with van der Waals surface area (Å²) >= 11 is 0. The molecule has 0 aliphatic rings. The number of hydrogen-bond donors (Lipinski definition) is 0. The van der Waals surface area contributed by atoms with Crippen molar-refractivity contribution in [3.63, 3.8) is 0 Å². The zero-order chi connectivity index (χ0) is 26.5. The molecule has 40 heavy (non-hydrogen) atoms. The molecule has 0 bridgehead atoms. The van der Waals surface area contributed by atoms with E-state index in [0.29, 0.717) is 0 Å². The molecule has 0 amide bonds. The largest absolute Gasteiger partial charge is 0.456 e. The second-order valence-electron chi connectivity index (χ2n) is 10.0. The van der Waals surface area contributed by atoms with Crippen LogP contribution in [0.25, 0.3) is 54.7 Å². The van der Waals surface area contributed by atoms with Crippen molar-refractivity contribution >= 4 is 60.7 Å². The summed E-state index contributed by atoms with van der Waals surface area (Å²) in [6, 6.07) is 48.8. The van der Waals surface area contributed by atoms with Crippen LogP contribution in [0, 0.1) is 0 Å². The molecule has 188 valence electrons. The van der Waals surface area contributed by atoms with Gasteiger partial charge in [-0.3, -0.25) is 4.98 Å². The molecule has 0 aliphatic heterocycles. The lowest BCUT2D eigenvalue weighted by Gasteiger charge is -2.25. The molecule has 3 nitrogen and oxygen atoms in total. The summed E-state index contributed by atoms with van der Waals surface area (Å²) in [5, 5.41) is 5.78. The van der Waals surface area contributed by atoms with Crippen molar-refractivity contribution in [1.29, 1.82) is 0 Å². The first-order chi connectivity index (χ1) is 19.8. The summed E-state index contributed by atoms with van der Waals surface area (Å²) in [5.41, 5.74) is 8.27. The molecule has 0 radical (unpaired) electrons. The number of fused-ring (bicyclic) bond motifs is 6. The van der Waals surface area contributed by atoms with E-state index in [-0.39, 0.29) is 0 Å². The number of anilines is 3. The van der Waals surface area contributed by atoms with Gasteiger partial charge in [0.25, 0.3) is 0 Å². The van der Waals surface area contributed by atoms with E-state index in [1.54, 1.807) is 0 Å². The van der Waals surface area contributed by atoms with E-state index >= 15 is 0 Å². The average molecular weight is 513 g/mol. The van der Waals surface area contributed by atoms with Gasteiger partial charge in [-0.2, -0.15) is 0 Å². The van der Waals surface area contributed by atoms with Crippen LogP contribution in [-0.4, -0.2) is 4.98 Å². The zero-order valence-electron chi connectivity index (χ0n) is 21.7. The van der Waals surface area contributed by atoms with Gasteiger partial charge in [-0.25, -0.2) is 0 Å². The Morgan fingerprint density at radius 3 is 2.10 bits per heavy atom. The van der Waals surface area contributed by atoms with Crippen molar-refractivity contribution in [3.8, 4) is 11.1 Å². The van der Waals surface area contributed by atoms with E-state index < -0.39 is 0 Å². The topological polar surface area (TPSA) is 29.3 Å². The predicted molar refractivity (Wildman–Crippen MR) is 167 cm³/mol. The summed E-state index contributed by atoms with van der Waals surface area (Å²) in [7, 11) is 0. The number of pyridine rings is 1. The number of rotatable bonds is 4. The molecule has 0 saturated carbocycles. The number of nitrogens with zero attached hydrogens (tertiary/aromatic N) is 2. The Bertz CT molecular complexity index is 2160. The third-order valence-corrected chi connectivity index (χ3v) is 7.69. The van der Waals surface area contributed by atoms with Crippen LogP contribution < -0.4 is 4.90 Å². The van der Waals surface area contributed by atoms with Crippen LogP contribution in [0.3, 0.4) is 0 Å². The Balaban J connectivity index is 1.30. The monoisotopic (exact) mass is 512 g/mol. The quantitative estimate of drug-likeness (QED) is 0.235. The maximum Gasteiger partial charge on any atom is 0.136 e. The molecule has 0 fully saturated rings. The van der Waals surface area contributed by atoms with Gasteiger partial charge in [-0.1, -0.05) is 91.0 Å². The first kappa shape index (κ1) is 22.6. The Labute approximate surface area is 231 Å². The normalized spacial score (nSPS) is 11.5. The molecule has 8 rings (SSSR count). The third-order valence-electron chi connectivity index (χ3n) is 7.69. The number of furan rings is 1. The van der Waals surface area contributed by atoms with Crippen molar-refractivity contribution in [2.24, 2.45) is 0 Å². The van der Waals surface area contributed by atoms with Gasteiger partial charge < -0.3 is 9.32 Å². The van der Waals surface area contributed by atoms with Gasteiger partial charge in [0.1, 0.15) is 11.2 Å². The minimum Gasteiger partial charge on any atom is -0.456 e. The van der Waals surface area contributed by atoms with Gasteiger partial charge in [0.15, 0.2) is 0 Å². The standard InChI is InChI=1S/C37H24N2O/c1-2-11-27(12-3-1)39(28-19-17-26(18-20-28)31-15-8-10-25-9-4-5-13-30(25)31)29-23-33-34(38-24-29)21-22-36-37(33)32-14-6-7-16-35(32)40-36/h1-24H. The molecule has 0 spiro atoms. The average Bonchev–Trinajstić information content (AvgIpc) is 3.41. The molecule has 3 heteroatoms. The van der Waals surface area contributed by atoms with Gasteiger partial charge in [0, 0.05) is 27.5 Å². The van der Waals surface area contributed by atoms with Gasteiger partial charge in [0.05, 0.1) is 17.4 Å². The number of para-hydroxylation sites is 2. The number of hydrogen-bond acceptors (Lipinski definition) is 3. The Morgan fingerprint density at radius 2 is 1.23 bits per heavy atom. The molecule has 0 saturated heterocycles. The summed E-state index contributed by atoms with van der Waals surface area (Å²) in [6.45, 7) is 0. The molecule has 0 aliphatic carbocycles. The Kier molecular flexibility index (Phi) is 5.14. The van der Waals surface area contributed by atoms with Crippen molar-refractivity contribution in [2.75, 3.05) is 4.90 Å². The van der Waals surface area contributed by atoms with Crippen LogP contribution in [0.15, 0.2) is 150 Å². The fourth-order valence-electron chi connectivity index (χ4n) is 5.83.